The van der Waals surface area contributed by atoms with Crippen LogP contribution in [0.2, 0.25) is 0 Å². The van der Waals surface area contributed by atoms with E-state index in [1.807, 2.05) is 23.6 Å². The number of nitrogens with zero attached hydrogens (tertiary/aromatic N) is 2. The lowest BCUT2D eigenvalue weighted by Gasteiger charge is -2.03. The van der Waals surface area contributed by atoms with Crippen molar-refractivity contribution in [3.8, 4) is 17.3 Å². The van der Waals surface area contributed by atoms with Crippen LogP contribution in [0.5, 0.6) is 0 Å². The van der Waals surface area contributed by atoms with Crippen LogP contribution in [0.1, 0.15) is 11.1 Å². The molecule has 29 heavy (non-hydrogen) atoms. The van der Waals surface area contributed by atoms with Crippen molar-refractivity contribution in [3.05, 3.63) is 69.5 Å². The number of aromatic amines is 1. The molecule has 0 fully saturated rings. The van der Waals surface area contributed by atoms with Gasteiger partial charge in [-0.05, 0) is 29.8 Å². The number of anilines is 1. The third-order valence-electron chi connectivity index (χ3n) is 4.05. The summed E-state index contributed by atoms with van der Waals surface area (Å²) in [7, 11) is 0. The third kappa shape index (κ3) is 4.56. The lowest BCUT2D eigenvalue weighted by molar-refractivity contribution is -0.113. The molecule has 1 amide bonds. The number of rotatable bonds is 6. The van der Waals surface area contributed by atoms with Crippen molar-refractivity contribution in [2.24, 2.45) is 0 Å². The smallest absolute Gasteiger partial charge is 0.408 e. The number of hydrogen-bond donors (Lipinski definition) is 2. The van der Waals surface area contributed by atoms with Gasteiger partial charge in [-0.25, -0.2) is 9.78 Å². The van der Waals surface area contributed by atoms with Crippen LogP contribution in [0.4, 0.5) is 5.13 Å². The van der Waals surface area contributed by atoms with E-state index in [9.17, 15) is 9.59 Å². The molecular formula is C20H14N4O3S2. The fourth-order valence-electron chi connectivity index (χ4n) is 2.66. The minimum atomic E-state index is -0.498. The average Bonchev–Trinajstić information content (AvgIpc) is 3.33. The predicted octanol–water partition coefficient (Wildman–Crippen LogP) is 3.99. The van der Waals surface area contributed by atoms with Crippen LogP contribution in [-0.4, -0.2) is 21.6 Å². The van der Waals surface area contributed by atoms with Crippen molar-refractivity contribution in [2.75, 3.05) is 11.1 Å². The molecule has 7 nitrogen and oxygen atoms in total. The second kappa shape index (κ2) is 8.34. The van der Waals surface area contributed by atoms with Crippen LogP contribution < -0.4 is 11.1 Å². The number of thioether (sulfide) groups is 1. The first-order chi connectivity index (χ1) is 14.1. The summed E-state index contributed by atoms with van der Waals surface area (Å²) in [5, 5.41) is 14.0. The summed E-state index contributed by atoms with van der Waals surface area (Å²) in [5.74, 6) is 0.359. The molecule has 2 aromatic carbocycles. The number of hydrogen-bond acceptors (Lipinski definition) is 7. The maximum absolute atomic E-state index is 12.2. The number of carbonyl (C=O) groups is 1. The van der Waals surface area contributed by atoms with Crippen molar-refractivity contribution in [2.45, 2.75) is 5.75 Å². The zero-order valence-corrected chi connectivity index (χ0v) is 16.6. The highest BCUT2D eigenvalue weighted by Gasteiger charge is 2.10. The third-order valence-corrected chi connectivity index (χ3v) is 5.81. The van der Waals surface area contributed by atoms with Gasteiger partial charge in [0, 0.05) is 16.7 Å². The molecule has 144 valence electrons. The molecule has 0 bridgehead atoms. The SMILES string of the molecule is N#Cc1ccc(CSCC(=O)Nc2nc(-c3ccc4[nH]c(=O)oc4c3)cs2)cc1. The lowest BCUT2D eigenvalue weighted by Crippen LogP contribution is -2.13. The zero-order valence-electron chi connectivity index (χ0n) is 15.0. The van der Waals surface area contributed by atoms with Crippen molar-refractivity contribution >= 4 is 45.2 Å². The highest BCUT2D eigenvalue weighted by atomic mass is 32.2. The van der Waals surface area contributed by atoms with Gasteiger partial charge in [-0.15, -0.1) is 23.1 Å². The minimum absolute atomic E-state index is 0.128. The molecule has 0 spiro atoms. The van der Waals surface area contributed by atoms with Gasteiger partial charge in [-0.3, -0.25) is 9.78 Å². The summed E-state index contributed by atoms with van der Waals surface area (Å²) in [6.07, 6.45) is 0. The molecule has 0 saturated heterocycles. The summed E-state index contributed by atoms with van der Waals surface area (Å²) >= 11 is 2.82. The maximum atomic E-state index is 12.2. The van der Waals surface area contributed by atoms with Gasteiger partial charge in [0.15, 0.2) is 10.7 Å². The summed E-state index contributed by atoms with van der Waals surface area (Å²) in [6.45, 7) is 0. The molecule has 2 N–H and O–H groups in total. The number of nitriles is 1. The van der Waals surface area contributed by atoms with Crippen LogP contribution in [0.25, 0.3) is 22.4 Å². The van der Waals surface area contributed by atoms with Gasteiger partial charge in [-0.1, -0.05) is 18.2 Å². The number of nitrogens with one attached hydrogen (secondary N) is 2. The topological polar surface area (TPSA) is 112 Å². The van der Waals surface area contributed by atoms with Crippen LogP contribution in [-0.2, 0) is 10.5 Å². The van der Waals surface area contributed by atoms with Gasteiger partial charge in [0.05, 0.1) is 28.6 Å². The van der Waals surface area contributed by atoms with E-state index >= 15 is 0 Å². The molecule has 2 heterocycles. The highest BCUT2D eigenvalue weighted by Crippen LogP contribution is 2.27. The van der Waals surface area contributed by atoms with Crippen LogP contribution >= 0.6 is 23.1 Å². The Balaban J connectivity index is 1.33. The van der Waals surface area contributed by atoms with Gasteiger partial charge in [0.2, 0.25) is 5.91 Å². The largest absolute Gasteiger partial charge is 0.417 e. The number of aromatic nitrogens is 2. The first-order valence-electron chi connectivity index (χ1n) is 8.56. The van der Waals surface area contributed by atoms with E-state index in [1.165, 1.54) is 23.1 Å². The van der Waals surface area contributed by atoms with E-state index in [0.29, 0.717) is 39.0 Å². The number of thiazole rings is 1. The Hall–Kier alpha value is -3.35. The number of benzene rings is 2. The Kier molecular flexibility index (Phi) is 5.46. The van der Waals surface area contributed by atoms with E-state index in [2.05, 4.69) is 21.4 Å². The molecule has 2 aromatic heterocycles. The van der Waals surface area contributed by atoms with Gasteiger partial charge in [0.25, 0.3) is 0 Å². The second-order valence-electron chi connectivity index (χ2n) is 6.11. The zero-order chi connectivity index (χ0) is 20.2. The van der Waals surface area contributed by atoms with Crippen molar-refractivity contribution < 1.29 is 9.21 Å². The van der Waals surface area contributed by atoms with Crippen LogP contribution in [0.3, 0.4) is 0 Å². The molecule has 0 saturated carbocycles. The van der Waals surface area contributed by atoms with Gasteiger partial charge in [0.1, 0.15) is 0 Å². The Morgan fingerprint density at radius 1 is 1.28 bits per heavy atom. The molecule has 0 aliphatic heterocycles. The molecule has 4 aromatic rings. The molecule has 0 unspecified atom stereocenters. The Morgan fingerprint density at radius 2 is 2.10 bits per heavy atom. The van der Waals surface area contributed by atoms with E-state index < -0.39 is 5.76 Å². The van der Waals surface area contributed by atoms with Gasteiger partial charge in [-0.2, -0.15) is 5.26 Å². The molecule has 0 radical (unpaired) electrons. The van der Waals surface area contributed by atoms with E-state index in [0.717, 1.165) is 11.1 Å². The number of carbonyl (C=O) groups excluding carboxylic acids is 1. The quantitative estimate of drug-likeness (QED) is 0.486. The minimum Gasteiger partial charge on any atom is -0.408 e. The van der Waals surface area contributed by atoms with Crippen molar-refractivity contribution in [1.29, 1.82) is 5.26 Å². The van der Waals surface area contributed by atoms with E-state index in [-0.39, 0.29) is 5.91 Å². The molecule has 0 aliphatic rings. The normalized spacial score (nSPS) is 10.7. The Labute approximate surface area is 173 Å². The highest BCUT2D eigenvalue weighted by molar-refractivity contribution is 7.99. The average molecular weight is 422 g/mol. The molecule has 4 rings (SSSR count). The molecule has 0 atom stereocenters. The number of H-pyrrole nitrogens is 1. The number of fused-ring (bicyclic) bond motifs is 1. The van der Waals surface area contributed by atoms with E-state index in [1.54, 1.807) is 24.3 Å². The Bertz CT molecular complexity index is 1270. The van der Waals surface area contributed by atoms with Crippen LogP contribution in [0.15, 0.2) is 57.1 Å². The maximum Gasteiger partial charge on any atom is 0.417 e. The first-order valence-corrected chi connectivity index (χ1v) is 10.6. The molecule has 9 heteroatoms. The standard InChI is InChI=1S/C20H14N4O3S2/c21-8-12-1-3-13(4-2-12)9-28-11-18(25)24-19-22-16(10-29-19)14-5-6-15-17(7-14)27-20(26)23-15/h1-7,10H,9,11H2,(H,23,26)(H,22,24,25). The fourth-order valence-corrected chi connectivity index (χ4v) is 4.18. The van der Waals surface area contributed by atoms with Gasteiger partial charge >= 0.3 is 5.76 Å². The van der Waals surface area contributed by atoms with Crippen LogP contribution in [0, 0.1) is 11.3 Å². The second-order valence-corrected chi connectivity index (χ2v) is 7.96. The summed E-state index contributed by atoms with van der Waals surface area (Å²) < 4.78 is 5.07. The predicted molar refractivity (Wildman–Crippen MR) is 114 cm³/mol. The van der Waals surface area contributed by atoms with Gasteiger partial charge < -0.3 is 9.73 Å². The first kappa shape index (κ1) is 19.0. The number of amides is 1. The monoisotopic (exact) mass is 422 g/mol. The van der Waals surface area contributed by atoms with Crippen molar-refractivity contribution in [3.63, 3.8) is 0 Å². The fraction of sp³-hybridized carbons (Fsp3) is 0.100. The molecule has 0 aliphatic carbocycles. The summed E-state index contributed by atoms with van der Waals surface area (Å²) in [5.41, 5.74) is 4.26. The number of oxazole rings is 1. The Morgan fingerprint density at radius 3 is 2.90 bits per heavy atom. The van der Waals surface area contributed by atoms with E-state index in [4.69, 9.17) is 9.68 Å². The summed E-state index contributed by atoms with van der Waals surface area (Å²) in [6, 6.07) is 14.7. The van der Waals surface area contributed by atoms with Crippen molar-refractivity contribution in [1.82, 2.24) is 9.97 Å². The molecular weight excluding hydrogens is 408 g/mol. The lowest BCUT2D eigenvalue weighted by atomic mass is 10.1. The summed E-state index contributed by atoms with van der Waals surface area (Å²) in [4.78, 5) is 30.5.